The Morgan fingerprint density at radius 1 is 1.31 bits per heavy atom. The molecule has 1 aliphatic heterocycles. The normalized spacial score (nSPS) is 23.8. The molecule has 1 saturated heterocycles. The van der Waals surface area contributed by atoms with Crippen LogP contribution in [0.3, 0.4) is 0 Å². The van der Waals surface area contributed by atoms with Crippen LogP contribution in [0.25, 0.3) is 0 Å². The molecule has 6 nitrogen and oxygen atoms in total. The van der Waals surface area contributed by atoms with E-state index in [4.69, 9.17) is 0 Å². The van der Waals surface area contributed by atoms with E-state index < -0.39 is 17.5 Å². The molecule has 1 aliphatic rings. The highest BCUT2D eigenvalue weighted by atomic mass is 16.4. The van der Waals surface area contributed by atoms with E-state index in [0.717, 1.165) is 12.0 Å². The molecule has 6 heteroatoms. The topological polar surface area (TPSA) is 78.6 Å². The lowest BCUT2D eigenvalue weighted by Gasteiger charge is -2.43. The molecule has 0 bridgehead atoms. The van der Waals surface area contributed by atoms with Crippen LogP contribution in [-0.2, 0) is 17.9 Å². The quantitative estimate of drug-likeness (QED) is 0.795. The summed E-state index contributed by atoms with van der Waals surface area (Å²) >= 11 is 0. The number of carboxylic acid groups (broad SMARTS) is 1. The largest absolute Gasteiger partial charge is 0.481 e. The number of aliphatic carboxylic acids is 1. The fourth-order valence-corrected chi connectivity index (χ4v) is 3.97. The Morgan fingerprint density at radius 2 is 2.08 bits per heavy atom. The van der Waals surface area contributed by atoms with Gasteiger partial charge in [-0.2, -0.15) is 5.10 Å². The Bertz CT molecular complexity index is 732. The summed E-state index contributed by atoms with van der Waals surface area (Å²) in [7, 11) is 0. The van der Waals surface area contributed by atoms with Crippen LogP contribution in [-0.4, -0.2) is 50.1 Å². The Hall–Kier alpha value is -2.18. The lowest BCUT2D eigenvalue weighted by molar-refractivity contribution is -0.164. The maximum Gasteiger partial charge on any atom is 0.313 e. The zero-order chi connectivity index (χ0) is 18.6. The van der Waals surface area contributed by atoms with E-state index >= 15 is 0 Å². The van der Waals surface area contributed by atoms with Crippen LogP contribution in [0.15, 0.2) is 42.7 Å². The predicted octanol–water partition coefficient (Wildman–Crippen LogP) is 2.37. The zero-order valence-corrected chi connectivity index (χ0v) is 15.2. The van der Waals surface area contributed by atoms with Gasteiger partial charge < -0.3 is 10.2 Å². The molecule has 0 amide bonds. The smallest absolute Gasteiger partial charge is 0.313 e. The van der Waals surface area contributed by atoms with E-state index in [-0.39, 0.29) is 0 Å². The number of piperidine rings is 1. The molecular weight excluding hydrogens is 330 g/mol. The van der Waals surface area contributed by atoms with Gasteiger partial charge in [-0.25, -0.2) is 0 Å². The van der Waals surface area contributed by atoms with Crippen molar-refractivity contribution in [1.82, 2.24) is 14.7 Å². The summed E-state index contributed by atoms with van der Waals surface area (Å²) in [4.78, 5) is 14.1. The summed E-state index contributed by atoms with van der Waals surface area (Å²) in [5.41, 5.74) is 1.27. The summed E-state index contributed by atoms with van der Waals surface area (Å²) < 4.78 is 1.88. The molecule has 2 atom stereocenters. The van der Waals surface area contributed by atoms with Crippen molar-refractivity contribution in [2.75, 3.05) is 13.1 Å². The minimum atomic E-state index is -1.06. The molecule has 3 rings (SSSR count). The molecule has 0 saturated carbocycles. The van der Waals surface area contributed by atoms with Gasteiger partial charge in [0.1, 0.15) is 5.41 Å². The second kappa shape index (κ2) is 8.01. The second-order valence-electron chi connectivity index (χ2n) is 7.25. The standard InChI is InChI=1S/C20H27N3O3/c1-2-8-20(19(25)26)15-22(11-7-18(20)24)13-16-5-3-6-17(12-16)14-23-10-4-9-21-23/h3-6,9-10,12,18,24H,2,7-8,11,13-15H2,1H3,(H,25,26)/t18-,20-/m1/s1. The molecule has 1 fully saturated rings. The van der Waals surface area contributed by atoms with Gasteiger partial charge in [0.2, 0.25) is 0 Å². The lowest BCUT2D eigenvalue weighted by Crippen LogP contribution is -2.55. The van der Waals surface area contributed by atoms with Crippen molar-refractivity contribution >= 4 is 5.97 Å². The molecule has 26 heavy (non-hydrogen) atoms. The minimum absolute atomic E-state index is 0.390. The van der Waals surface area contributed by atoms with Gasteiger partial charge in [-0.3, -0.25) is 14.4 Å². The number of hydrogen-bond acceptors (Lipinski definition) is 4. The molecule has 0 radical (unpaired) electrons. The van der Waals surface area contributed by atoms with Crippen molar-refractivity contribution in [1.29, 1.82) is 0 Å². The summed E-state index contributed by atoms with van der Waals surface area (Å²) in [6.45, 7) is 4.48. The first kappa shape index (κ1) is 18.6. The summed E-state index contributed by atoms with van der Waals surface area (Å²) in [6, 6.07) is 10.2. The third kappa shape index (κ3) is 3.97. The second-order valence-corrected chi connectivity index (χ2v) is 7.25. The fraction of sp³-hybridized carbons (Fsp3) is 0.500. The first-order valence-corrected chi connectivity index (χ1v) is 9.22. The van der Waals surface area contributed by atoms with Crippen LogP contribution in [0.2, 0.25) is 0 Å². The zero-order valence-electron chi connectivity index (χ0n) is 15.2. The average molecular weight is 357 g/mol. The van der Waals surface area contributed by atoms with Gasteiger partial charge in [0.25, 0.3) is 0 Å². The Balaban J connectivity index is 1.71. The lowest BCUT2D eigenvalue weighted by atomic mass is 9.74. The van der Waals surface area contributed by atoms with Crippen molar-refractivity contribution < 1.29 is 15.0 Å². The van der Waals surface area contributed by atoms with Gasteiger partial charge in [-0.1, -0.05) is 37.6 Å². The molecular formula is C20H27N3O3. The third-order valence-corrected chi connectivity index (χ3v) is 5.29. The number of aliphatic hydroxyl groups excluding tert-OH is 1. The van der Waals surface area contributed by atoms with Crippen LogP contribution in [0.4, 0.5) is 0 Å². The molecule has 2 aromatic rings. The minimum Gasteiger partial charge on any atom is -0.481 e. The Labute approximate surface area is 154 Å². The van der Waals surface area contributed by atoms with Crippen molar-refractivity contribution in [2.45, 2.75) is 45.4 Å². The van der Waals surface area contributed by atoms with Gasteiger partial charge in [0.15, 0.2) is 0 Å². The molecule has 140 valence electrons. The summed E-state index contributed by atoms with van der Waals surface area (Å²) in [6.07, 6.45) is 4.67. The van der Waals surface area contributed by atoms with E-state index in [2.05, 4.69) is 28.2 Å². The third-order valence-electron chi connectivity index (χ3n) is 5.29. The number of rotatable bonds is 7. The average Bonchev–Trinajstić information content (AvgIpc) is 3.11. The number of aliphatic hydroxyl groups is 1. The molecule has 1 aromatic heterocycles. The number of likely N-dealkylation sites (tertiary alicyclic amines) is 1. The van der Waals surface area contributed by atoms with Crippen LogP contribution >= 0.6 is 0 Å². The monoisotopic (exact) mass is 357 g/mol. The number of benzene rings is 1. The summed E-state index contributed by atoms with van der Waals surface area (Å²) in [5, 5.41) is 24.4. The van der Waals surface area contributed by atoms with Crippen molar-refractivity contribution in [2.24, 2.45) is 5.41 Å². The highest BCUT2D eigenvalue weighted by Crippen LogP contribution is 2.36. The SMILES string of the molecule is CCC[C@@]1(C(=O)O)CN(Cc2cccc(Cn3cccn3)c2)CC[C@H]1O. The maximum atomic E-state index is 11.9. The van der Waals surface area contributed by atoms with E-state index in [1.165, 1.54) is 5.56 Å². The van der Waals surface area contributed by atoms with Crippen LogP contribution in [0.5, 0.6) is 0 Å². The van der Waals surface area contributed by atoms with Gasteiger partial charge in [0.05, 0.1) is 12.6 Å². The van der Waals surface area contributed by atoms with Crippen molar-refractivity contribution in [3.05, 3.63) is 53.9 Å². The molecule has 0 spiro atoms. The van der Waals surface area contributed by atoms with E-state index in [0.29, 0.717) is 39.0 Å². The van der Waals surface area contributed by atoms with Gasteiger partial charge in [-0.15, -0.1) is 0 Å². The van der Waals surface area contributed by atoms with E-state index in [9.17, 15) is 15.0 Å². The highest BCUT2D eigenvalue weighted by Gasteiger charge is 2.48. The number of aromatic nitrogens is 2. The fourth-order valence-electron chi connectivity index (χ4n) is 3.97. The Kier molecular flexibility index (Phi) is 5.74. The van der Waals surface area contributed by atoms with Crippen molar-refractivity contribution in [3.8, 4) is 0 Å². The summed E-state index contributed by atoms with van der Waals surface area (Å²) in [5.74, 6) is -0.885. The highest BCUT2D eigenvalue weighted by molar-refractivity contribution is 5.76. The van der Waals surface area contributed by atoms with Crippen LogP contribution in [0, 0.1) is 5.41 Å². The number of carbonyl (C=O) groups is 1. The van der Waals surface area contributed by atoms with Crippen molar-refractivity contribution in [3.63, 3.8) is 0 Å². The first-order chi connectivity index (χ1) is 12.5. The number of nitrogens with zero attached hydrogens (tertiary/aromatic N) is 3. The van der Waals surface area contributed by atoms with Crippen LogP contribution < -0.4 is 0 Å². The molecule has 0 aliphatic carbocycles. The maximum absolute atomic E-state index is 11.9. The van der Waals surface area contributed by atoms with Gasteiger partial charge in [0, 0.05) is 32.0 Å². The van der Waals surface area contributed by atoms with Crippen LogP contribution in [0.1, 0.15) is 37.3 Å². The van der Waals surface area contributed by atoms with E-state index in [1.54, 1.807) is 6.20 Å². The molecule has 1 aromatic carbocycles. The molecule has 2 heterocycles. The predicted molar refractivity (Wildman–Crippen MR) is 98.6 cm³/mol. The van der Waals surface area contributed by atoms with E-state index in [1.807, 2.05) is 29.9 Å². The first-order valence-electron chi connectivity index (χ1n) is 9.22. The number of carboxylic acids is 1. The van der Waals surface area contributed by atoms with Gasteiger partial charge >= 0.3 is 5.97 Å². The van der Waals surface area contributed by atoms with Gasteiger partial charge in [-0.05, 0) is 30.0 Å². The molecule has 0 unspecified atom stereocenters. The number of hydrogen-bond donors (Lipinski definition) is 2. The Morgan fingerprint density at radius 3 is 2.73 bits per heavy atom. The molecule has 2 N–H and O–H groups in total.